The average Bonchev–Trinajstić information content (AvgIpc) is 3.18. The Kier molecular flexibility index (Phi) is 6.96. The first-order valence-electron chi connectivity index (χ1n) is 10.1. The van der Waals surface area contributed by atoms with Gasteiger partial charge in [0.1, 0.15) is 5.75 Å². The first-order chi connectivity index (χ1) is 13.0. The summed E-state index contributed by atoms with van der Waals surface area (Å²) in [4.78, 5) is 19.1. The Bertz CT molecular complexity index is 597. The minimum atomic E-state index is 0.111. The van der Waals surface area contributed by atoms with Gasteiger partial charge in [-0.15, -0.1) is 0 Å². The number of carbonyl (C=O) groups is 1. The van der Waals surface area contributed by atoms with Crippen LogP contribution in [0.4, 0.5) is 4.79 Å². The van der Waals surface area contributed by atoms with Gasteiger partial charge < -0.3 is 19.9 Å². The minimum absolute atomic E-state index is 0.111. The first-order valence-corrected chi connectivity index (χ1v) is 10.1. The lowest BCUT2D eigenvalue weighted by Crippen LogP contribution is -2.44. The summed E-state index contributed by atoms with van der Waals surface area (Å²) >= 11 is 0. The van der Waals surface area contributed by atoms with Crippen molar-refractivity contribution in [3.63, 3.8) is 0 Å². The maximum atomic E-state index is 12.4. The number of hydrogen-bond acceptors (Lipinski definition) is 4. The zero-order valence-electron chi connectivity index (χ0n) is 17.0. The molecule has 2 amide bonds. The number of methoxy groups -OCH3 is 1. The van der Waals surface area contributed by atoms with Crippen LogP contribution >= 0.6 is 0 Å². The van der Waals surface area contributed by atoms with E-state index in [1.807, 2.05) is 17.0 Å². The number of nitrogens with one attached hydrogen (secondary N) is 1. The van der Waals surface area contributed by atoms with E-state index in [9.17, 15) is 4.79 Å². The molecule has 2 heterocycles. The molecule has 1 N–H and O–H groups in total. The summed E-state index contributed by atoms with van der Waals surface area (Å²) in [7, 11) is 5.88. The van der Waals surface area contributed by atoms with Gasteiger partial charge in [0, 0.05) is 32.2 Å². The molecule has 2 aliphatic rings. The molecule has 0 saturated carbocycles. The molecule has 150 valence electrons. The van der Waals surface area contributed by atoms with Gasteiger partial charge in [-0.25, -0.2) is 4.79 Å². The molecule has 2 aliphatic heterocycles. The summed E-state index contributed by atoms with van der Waals surface area (Å²) < 4.78 is 5.22. The van der Waals surface area contributed by atoms with Gasteiger partial charge in [-0.3, -0.25) is 4.90 Å². The van der Waals surface area contributed by atoms with Crippen LogP contribution in [-0.4, -0.2) is 80.7 Å². The molecule has 0 bridgehead atoms. The highest BCUT2D eigenvalue weighted by Crippen LogP contribution is 2.20. The van der Waals surface area contributed by atoms with Crippen LogP contribution in [0, 0.1) is 5.92 Å². The monoisotopic (exact) mass is 374 g/mol. The van der Waals surface area contributed by atoms with E-state index in [2.05, 4.69) is 41.3 Å². The van der Waals surface area contributed by atoms with Gasteiger partial charge in [-0.2, -0.15) is 0 Å². The fourth-order valence-electron chi connectivity index (χ4n) is 4.03. The Morgan fingerprint density at radius 2 is 1.85 bits per heavy atom. The van der Waals surface area contributed by atoms with Crippen molar-refractivity contribution in [3.8, 4) is 5.75 Å². The van der Waals surface area contributed by atoms with E-state index in [1.54, 1.807) is 7.11 Å². The van der Waals surface area contributed by atoms with Crippen LogP contribution in [0.1, 0.15) is 24.8 Å². The third-order valence-electron chi connectivity index (χ3n) is 6.00. The Labute approximate surface area is 163 Å². The highest BCUT2D eigenvalue weighted by Gasteiger charge is 2.28. The van der Waals surface area contributed by atoms with Crippen LogP contribution in [0.5, 0.6) is 5.75 Å². The van der Waals surface area contributed by atoms with Crippen LogP contribution in [0.25, 0.3) is 0 Å². The number of carbonyl (C=O) groups excluding carboxylic acids is 1. The Hall–Kier alpha value is -1.79. The SMILES string of the molecule is COc1ccc(CN2CCC(CNC(=O)N3CCC(N(C)C)C3)CC2)cc1. The van der Waals surface area contributed by atoms with Crippen molar-refractivity contribution < 1.29 is 9.53 Å². The van der Waals surface area contributed by atoms with Crippen LogP contribution in [0.3, 0.4) is 0 Å². The van der Waals surface area contributed by atoms with Gasteiger partial charge in [0.25, 0.3) is 0 Å². The van der Waals surface area contributed by atoms with Crippen LogP contribution in [0.15, 0.2) is 24.3 Å². The zero-order valence-corrected chi connectivity index (χ0v) is 17.0. The van der Waals surface area contributed by atoms with E-state index >= 15 is 0 Å². The number of urea groups is 1. The zero-order chi connectivity index (χ0) is 19.2. The molecule has 2 fully saturated rings. The number of nitrogens with zero attached hydrogens (tertiary/aromatic N) is 3. The van der Waals surface area contributed by atoms with Gasteiger partial charge in [0.2, 0.25) is 0 Å². The molecule has 2 saturated heterocycles. The van der Waals surface area contributed by atoms with E-state index in [0.29, 0.717) is 12.0 Å². The number of amides is 2. The lowest BCUT2D eigenvalue weighted by atomic mass is 9.96. The van der Waals surface area contributed by atoms with E-state index in [4.69, 9.17) is 4.74 Å². The summed E-state index contributed by atoms with van der Waals surface area (Å²) in [5.41, 5.74) is 1.33. The molecule has 6 nitrogen and oxygen atoms in total. The highest BCUT2D eigenvalue weighted by atomic mass is 16.5. The summed E-state index contributed by atoms with van der Waals surface area (Å²) in [6.45, 7) is 5.70. The molecule has 0 spiro atoms. The van der Waals surface area contributed by atoms with E-state index in [0.717, 1.165) is 64.3 Å². The second kappa shape index (κ2) is 9.42. The van der Waals surface area contributed by atoms with Crippen LogP contribution < -0.4 is 10.1 Å². The summed E-state index contributed by atoms with van der Waals surface area (Å²) in [6.07, 6.45) is 3.37. The fraction of sp³-hybridized carbons (Fsp3) is 0.667. The number of likely N-dealkylation sites (tertiary alicyclic amines) is 2. The average molecular weight is 375 g/mol. The number of hydrogen-bond donors (Lipinski definition) is 1. The van der Waals surface area contributed by atoms with Gasteiger partial charge in [-0.1, -0.05) is 12.1 Å². The lowest BCUT2D eigenvalue weighted by molar-refractivity contribution is 0.169. The molecular weight excluding hydrogens is 340 g/mol. The maximum absolute atomic E-state index is 12.4. The largest absolute Gasteiger partial charge is 0.497 e. The van der Waals surface area contributed by atoms with Crippen molar-refractivity contribution in [1.29, 1.82) is 0 Å². The Morgan fingerprint density at radius 3 is 2.44 bits per heavy atom. The molecular formula is C21H34N4O2. The van der Waals surface area contributed by atoms with Crippen LogP contribution in [-0.2, 0) is 6.54 Å². The number of benzene rings is 1. The second-order valence-corrected chi connectivity index (χ2v) is 8.11. The van der Waals surface area contributed by atoms with Crippen molar-refractivity contribution in [2.24, 2.45) is 5.92 Å². The Morgan fingerprint density at radius 1 is 1.15 bits per heavy atom. The molecule has 27 heavy (non-hydrogen) atoms. The molecule has 1 aromatic carbocycles. The third kappa shape index (κ3) is 5.59. The van der Waals surface area contributed by atoms with Gasteiger partial charge >= 0.3 is 6.03 Å². The van der Waals surface area contributed by atoms with Gasteiger partial charge in [-0.05, 0) is 70.1 Å². The second-order valence-electron chi connectivity index (χ2n) is 8.11. The Balaban J connectivity index is 1.35. The van der Waals surface area contributed by atoms with Gasteiger partial charge in [0.15, 0.2) is 0 Å². The summed E-state index contributed by atoms with van der Waals surface area (Å²) in [5.74, 6) is 1.50. The fourth-order valence-corrected chi connectivity index (χ4v) is 4.03. The minimum Gasteiger partial charge on any atom is -0.497 e. The predicted octanol–water partition coefficient (Wildman–Crippen LogP) is 2.25. The standard InChI is InChI=1S/C21H34N4O2/c1-23(2)19-10-13-25(16-19)21(26)22-14-17-8-11-24(12-9-17)15-18-4-6-20(27-3)7-5-18/h4-7,17,19H,8-16H2,1-3H3,(H,22,26). The van der Waals surface area contributed by atoms with E-state index in [1.165, 1.54) is 5.56 Å². The smallest absolute Gasteiger partial charge is 0.317 e. The van der Waals surface area contributed by atoms with Crippen molar-refractivity contribution in [2.75, 3.05) is 53.9 Å². The molecule has 0 aromatic heterocycles. The number of likely N-dealkylation sites (N-methyl/N-ethyl adjacent to an activating group) is 1. The number of ether oxygens (including phenoxy) is 1. The predicted molar refractivity (Wildman–Crippen MR) is 108 cm³/mol. The quantitative estimate of drug-likeness (QED) is 0.830. The first kappa shape index (κ1) is 20.0. The maximum Gasteiger partial charge on any atom is 0.317 e. The summed E-state index contributed by atoms with van der Waals surface area (Å²) in [6, 6.07) is 8.94. The van der Waals surface area contributed by atoms with Crippen LogP contribution in [0.2, 0.25) is 0 Å². The summed E-state index contributed by atoms with van der Waals surface area (Å²) in [5, 5.41) is 3.17. The third-order valence-corrected chi connectivity index (χ3v) is 6.00. The molecule has 0 aliphatic carbocycles. The normalized spacial score (nSPS) is 21.6. The van der Waals surface area contributed by atoms with Crippen molar-refractivity contribution in [1.82, 2.24) is 20.0 Å². The van der Waals surface area contributed by atoms with E-state index in [-0.39, 0.29) is 6.03 Å². The molecule has 0 radical (unpaired) electrons. The topological polar surface area (TPSA) is 48.1 Å². The van der Waals surface area contributed by atoms with Crippen molar-refractivity contribution in [2.45, 2.75) is 31.8 Å². The molecule has 1 atom stereocenters. The molecule has 3 rings (SSSR count). The molecule has 1 aromatic rings. The lowest BCUT2D eigenvalue weighted by Gasteiger charge is -2.32. The number of piperidine rings is 1. The molecule has 6 heteroatoms. The van der Waals surface area contributed by atoms with Crippen molar-refractivity contribution in [3.05, 3.63) is 29.8 Å². The molecule has 1 unspecified atom stereocenters. The highest BCUT2D eigenvalue weighted by molar-refractivity contribution is 5.74. The number of rotatable bonds is 6. The van der Waals surface area contributed by atoms with E-state index < -0.39 is 0 Å². The van der Waals surface area contributed by atoms with Gasteiger partial charge in [0.05, 0.1) is 7.11 Å². The van der Waals surface area contributed by atoms with Crippen molar-refractivity contribution >= 4 is 6.03 Å².